The number of carbonyl (C=O) groups excluding carboxylic acids is 3. The van der Waals surface area contributed by atoms with Gasteiger partial charge in [0.05, 0.1) is 0 Å². The molecule has 3 saturated heterocycles. The summed E-state index contributed by atoms with van der Waals surface area (Å²) in [5.74, 6) is 1.46. The van der Waals surface area contributed by atoms with Crippen LogP contribution in [0.3, 0.4) is 0 Å². The van der Waals surface area contributed by atoms with Gasteiger partial charge in [-0.1, -0.05) is 30.3 Å². The Hall–Kier alpha value is -3.79. The summed E-state index contributed by atoms with van der Waals surface area (Å²) in [7, 11) is 2.19. The molecule has 4 heterocycles. The molecule has 2 aromatic carbocycles. The molecule has 4 aliphatic rings. The number of hydrogen-bond acceptors (Lipinski definition) is 6. The van der Waals surface area contributed by atoms with Gasteiger partial charge in [-0.05, 0) is 119 Å². The monoisotopic (exact) mass is 645 g/mol. The van der Waals surface area contributed by atoms with Crippen molar-refractivity contribution in [2.75, 3.05) is 58.2 Å². The van der Waals surface area contributed by atoms with Crippen LogP contribution in [0.2, 0.25) is 0 Å². The van der Waals surface area contributed by atoms with E-state index in [1.807, 2.05) is 60.0 Å². The fraction of sp³-hybridized carbons (Fsp3) is 0.595. The lowest BCUT2D eigenvalue weighted by Crippen LogP contribution is -2.52. The van der Waals surface area contributed by atoms with E-state index >= 15 is 0 Å². The highest BCUT2D eigenvalue weighted by molar-refractivity contribution is 5.91. The fourth-order valence-corrected chi connectivity index (χ4v) is 8.15. The second kappa shape index (κ2) is 14.5. The summed E-state index contributed by atoms with van der Waals surface area (Å²) in [6.07, 6.45) is 5.34. The predicted molar refractivity (Wildman–Crippen MR) is 182 cm³/mol. The predicted octanol–water partition coefficient (Wildman–Crippen LogP) is 5.19. The first-order chi connectivity index (χ1) is 22.7. The first-order valence-electron chi connectivity index (χ1n) is 17.5. The van der Waals surface area contributed by atoms with Crippen LogP contribution < -0.4 is 5.32 Å². The van der Waals surface area contributed by atoms with Crippen LogP contribution in [0.4, 0.5) is 15.3 Å². The molecule has 10 heteroatoms. The number of nitrogens with zero attached hydrogens (tertiary/aromatic N) is 4. The molecule has 6 rings (SSSR count). The number of fused-ring (bicyclic) bond motifs is 1. The Balaban J connectivity index is 1.08. The number of nitrogens with one attached hydrogen (secondary N) is 1. The molecular weight excluding hydrogens is 594 g/mol. The van der Waals surface area contributed by atoms with E-state index in [0.717, 1.165) is 66.2 Å². The van der Waals surface area contributed by atoms with Crippen LogP contribution in [0.15, 0.2) is 36.4 Å². The topological polar surface area (TPSA) is 106 Å². The third-order valence-electron chi connectivity index (χ3n) is 11.1. The molecule has 2 aromatic rings. The molecule has 2 N–H and O–H groups in total. The lowest BCUT2D eigenvalue weighted by atomic mass is 9.79. The molecule has 0 aliphatic carbocycles. The zero-order valence-electron chi connectivity index (χ0n) is 28.2. The van der Waals surface area contributed by atoms with Crippen LogP contribution in [-0.4, -0.2) is 108 Å². The van der Waals surface area contributed by atoms with Crippen LogP contribution in [-0.2, 0) is 22.4 Å². The third kappa shape index (κ3) is 7.69. The number of ether oxygens (including phenoxy) is 1. The van der Waals surface area contributed by atoms with Gasteiger partial charge < -0.3 is 34.8 Å². The Bertz CT molecular complexity index is 1420. The van der Waals surface area contributed by atoms with Crippen molar-refractivity contribution in [1.29, 1.82) is 0 Å². The molecule has 254 valence electrons. The van der Waals surface area contributed by atoms with Crippen molar-refractivity contribution in [3.8, 4) is 5.75 Å². The maximum Gasteiger partial charge on any atom is 0.410 e. The molecule has 3 fully saturated rings. The highest BCUT2D eigenvalue weighted by Crippen LogP contribution is 2.33. The Kier molecular flexibility index (Phi) is 10.2. The average Bonchev–Trinajstić information content (AvgIpc) is 3.25. The third-order valence-corrected chi connectivity index (χ3v) is 11.1. The molecule has 1 atom stereocenters. The van der Waals surface area contributed by atoms with Crippen molar-refractivity contribution < 1.29 is 24.2 Å². The quantitative estimate of drug-likeness (QED) is 0.448. The maximum absolute atomic E-state index is 14.0. The molecule has 0 saturated carbocycles. The number of amides is 4. The number of hydrogen-bond donors (Lipinski definition) is 2. The Morgan fingerprint density at radius 2 is 1.47 bits per heavy atom. The molecule has 10 nitrogen and oxygen atoms in total. The lowest BCUT2D eigenvalue weighted by Gasteiger charge is -2.40. The molecule has 47 heavy (non-hydrogen) atoms. The molecule has 0 spiro atoms. The highest BCUT2D eigenvalue weighted by Gasteiger charge is 2.37. The number of rotatable bonds is 6. The summed E-state index contributed by atoms with van der Waals surface area (Å²) in [4.78, 5) is 48.6. The second-order valence-corrected chi connectivity index (χ2v) is 14.2. The number of likely N-dealkylation sites (tertiary alicyclic amines) is 3. The molecule has 0 unspecified atom stereocenters. The first-order valence-corrected chi connectivity index (χ1v) is 17.5. The zero-order chi connectivity index (χ0) is 33.1. The fourth-order valence-electron chi connectivity index (χ4n) is 8.15. The van der Waals surface area contributed by atoms with Gasteiger partial charge in [0.2, 0.25) is 0 Å². The van der Waals surface area contributed by atoms with Gasteiger partial charge >= 0.3 is 12.1 Å². The molecular formula is C37H51N5O5. The van der Waals surface area contributed by atoms with Gasteiger partial charge in [0.15, 0.2) is 6.10 Å². The molecule has 4 amide bonds. The number of carbonyl (C=O) groups is 3. The van der Waals surface area contributed by atoms with Crippen LogP contribution in [0.1, 0.15) is 60.8 Å². The molecule has 0 aromatic heterocycles. The van der Waals surface area contributed by atoms with Crippen molar-refractivity contribution in [1.82, 2.24) is 19.6 Å². The van der Waals surface area contributed by atoms with Crippen molar-refractivity contribution in [2.24, 2.45) is 11.8 Å². The summed E-state index contributed by atoms with van der Waals surface area (Å²) >= 11 is 0. The van der Waals surface area contributed by atoms with Gasteiger partial charge in [-0.15, -0.1) is 0 Å². The van der Waals surface area contributed by atoms with Gasteiger partial charge in [-0.2, -0.15) is 0 Å². The first kappa shape index (κ1) is 33.1. The SMILES string of the molecule is Cc1cc(C[C@@H](OC(=O)N2CCC(N3CCc4ccccc4NC3=O)CC2)C(=O)N2CCC(C3CCN(C)CC3)CC2)cc(C)c1O. The number of anilines is 1. The Morgan fingerprint density at radius 1 is 0.872 bits per heavy atom. The van der Waals surface area contributed by atoms with E-state index in [9.17, 15) is 19.5 Å². The minimum Gasteiger partial charge on any atom is -0.507 e. The van der Waals surface area contributed by atoms with Gasteiger partial charge in [0.1, 0.15) is 5.75 Å². The zero-order valence-corrected chi connectivity index (χ0v) is 28.2. The van der Waals surface area contributed by atoms with Crippen LogP contribution in [0, 0.1) is 25.7 Å². The summed E-state index contributed by atoms with van der Waals surface area (Å²) in [5.41, 5.74) is 4.32. The number of piperidine rings is 3. The van der Waals surface area contributed by atoms with E-state index in [0.29, 0.717) is 51.5 Å². The van der Waals surface area contributed by atoms with Crippen LogP contribution >= 0.6 is 0 Å². The molecule has 0 bridgehead atoms. The van der Waals surface area contributed by atoms with E-state index in [2.05, 4.69) is 17.3 Å². The van der Waals surface area contributed by atoms with Gasteiger partial charge in [0.25, 0.3) is 5.91 Å². The minimum atomic E-state index is -0.946. The van der Waals surface area contributed by atoms with Crippen molar-refractivity contribution in [3.05, 3.63) is 58.7 Å². The number of phenols is 1. The smallest absolute Gasteiger partial charge is 0.410 e. The van der Waals surface area contributed by atoms with Crippen molar-refractivity contribution in [2.45, 2.75) is 77.4 Å². The standard InChI is InChI=1S/C37H51N5O5/c1-25-22-27(23-26(2)34(25)43)24-33(35(44)40-17-10-29(11-18-40)28-8-15-39(3)16-9-28)47-37(46)41-19-13-31(14-20-41)42-21-12-30-6-4-5-7-32(30)38-36(42)45/h4-7,22-23,28-29,31,33,43H,8-21,24H2,1-3H3,(H,38,45)/t33-/m1/s1. The Morgan fingerprint density at radius 3 is 2.13 bits per heavy atom. The van der Waals surface area contributed by atoms with E-state index < -0.39 is 12.2 Å². The molecule has 0 radical (unpaired) electrons. The van der Waals surface area contributed by atoms with Gasteiger partial charge in [-0.25, -0.2) is 9.59 Å². The largest absolute Gasteiger partial charge is 0.507 e. The second-order valence-electron chi connectivity index (χ2n) is 14.2. The van der Waals surface area contributed by atoms with Crippen LogP contribution in [0.5, 0.6) is 5.75 Å². The van der Waals surface area contributed by atoms with Gasteiger partial charge in [0, 0.05) is 50.9 Å². The summed E-state index contributed by atoms with van der Waals surface area (Å²) < 4.78 is 6.07. The van der Waals surface area contributed by atoms with E-state index in [-0.39, 0.29) is 30.2 Å². The lowest BCUT2D eigenvalue weighted by molar-refractivity contribution is -0.142. The van der Waals surface area contributed by atoms with Crippen LogP contribution in [0.25, 0.3) is 0 Å². The molecule has 4 aliphatic heterocycles. The number of aromatic hydroxyl groups is 1. The number of aryl methyl sites for hydroxylation is 2. The minimum absolute atomic E-state index is 0.0274. The summed E-state index contributed by atoms with van der Waals surface area (Å²) in [6, 6.07) is 11.6. The summed E-state index contributed by atoms with van der Waals surface area (Å²) in [5, 5.41) is 13.4. The Labute approximate surface area is 279 Å². The highest BCUT2D eigenvalue weighted by atomic mass is 16.6. The summed E-state index contributed by atoms with van der Waals surface area (Å²) in [6.45, 7) is 8.89. The van der Waals surface area contributed by atoms with E-state index in [1.54, 1.807) is 4.90 Å². The maximum atomic E-state index is 14.0. The number of para-hydroxylation sites is 1. The average molecular weight is 646 g/mol. The number of urea groups is 1. The van der Waals surface area contributed by atoms with E-state index in [4.69, 9.17) is 4.74 Å². The van der Waals surface area contributed by atoms with Gasteiger partial charge in [-0.3, -0.25) is 4.79 Å². The van der Waals surface area contributed by atoms with Crippen molar-refractivity contribution in [3.63, 3.8) is 0 Å². The normalized spacial score (nSPS) is 21.2. The number of benzene rings is 2. The number of phenolic OH excluding ortho intramolecular Hbond substituents is 1. The van der Waals surface area contributed by atoms with E-state index in [1.165, 1.54) is 12.8 Å². The van der Waals surface area contributed by atoms with Crippen molar-refractivity contribution >= 4 is 23.7 Å².